The van der Waals surface area contributed by atoms with Crippen LogP contribution >= 0.6 is 11.6 Å². The number of non-ortho nitro benzene ring substituents is 1. The van der Waals surface area contributed by atoms with E-state index in [1.807, 2.05) is 0 Å². The molecule has 0 aliphatic carbocycles. The van der Waals surface area contributed by atoms with Crippen molar-refractivity contribution < 1.29 is 24.0 Å². The van der Waals surface area contributed by atoms with Gasteiger partial charge in [-0.15, -0.1) is 0 Å². The minimum Gasteiger partial charge on any atom is -0.451 e. The number of ketones is 1. The van der Waals surface area contributed by atoms with E-state index in [4.69, 9.17) is 16.3 Å². The van der Waals surface area contributed by atoms with Crippen molar-refractivity contribution >= 4 is 40.6 Å². The van der Waals surface area contributed by atoms with Gasteiger partial charge < -0.3 is 10.1 Å². The van der Waals surface area contributed by atoms with E-state index in [2.05, 4.69) is 5.32 Å². The van der Waals surface area contributed by atoms with Crippen molar-refractivity contribution in [1.29, 1.82) is 0 Å². The Morgan fingerprint density at radius 2 is 1.56 bits per heavy atom. The quantitative estimate of drug-likeness (QED) is 0.235. The van der Waals surface area contributed by atoms with Crippen molar-refractivity contribution in [3.05, 3.63) is 105 Å². The highest BCUT2D eigenvalue weighted by Gasteiger charge is 2.20. The summed E-state index contributed by atoms with van der Waals surface area (Å²) in [6, 6.07) is 17.4. The van der Waals surface area contributed by atoms with Crippen LogP contribution in [0.1, 0.15) is 38.0 Å². The molecule has 3 rings (SSSR count). The lowest BCUT2D eigenvalue weighted by Crippen LogP contribution is -2.24. The minimum atomic E-state index is -1.01. The van der Waals surface area contributed by atoms with Crippen LogP contribution in [0.2, 0.25) is 5.02 Å². The van der Waals surface area contributed by atoms with Crippen LogP contribution in [0, 0.1) is 10.1 Å². The second-order valence-electron chi connectivity index (χ2n) is 6.76. The largest absolute Gasteiger partial charge is 0.451 e. The Balaban J connectivity index is 1.60. The van der Waals surface area contributed by atoms with Gasteiger partial charge in [-0.3, -0.25) is 19.7 Å². The van der Waals surface area contributed by atoms with Crippen LogP contribution < -0.4 is 5.32 Å². The summed E-state index contributed by atoms with van der Waals surface area (Å²) in [6.07, 6.45) is -1.01. The van der Waals surface area contributed by atoms with E-state index in [0.717, 1.165) is 0 Å². The average molecular weight is 453 g/mol. The number of halogens is 1. The van der Waals surface area contributed by atoms with Gasteiger partial charge in [-0.25, -0.2) is 4.79 Å². The number of hydrogen-bond acceptors (Lipinski definition) is 6. The SMILES string of the molecule is CC(OC(=O)c1ccc(NC(=O)c2ccc([N+](=O)[O-])cc2)cc1)C(=O)c1cccc(Cl)c1. The number of carbonyl (C=O) groups is 3. The number of ether oxygens (including phenoxy) is 1. The van der Waals surface area contributed by atoms with E-state index in [-0.39, 0.29) is 22.6 Å². The highest BCUT2D eigenvalue weighted by atomic mass is 35.5. The molecule has 0 saturated carbocycles. The smallest absolute Gasteiger partial charge is 0.338 e. The third-order valence-corrected chi connectivity index (χ3v) is 4.72. The molecule has 32 heavy (non-hydrogen) atoms. The second kappa shape index (κ2) is 9.84. The zero-order chi connectivity index (χ0) is 23.3. The molecule has 0 aliphatic heterocycles. The van der Waals surface area contributed by atoms with Gasteiger partial charge in [0.1, 0.15) is 0 Å². The van der Waals surface area contributed by atoms with Crippen molar-refractivity contribution in [3.63, 3.8) is 0 Å². The van der Waals surface area contributed by atoms with Crippen molar-refractivity contribution in [1.82, 2.24) is 0 Å². The van der Waals surface area contributed by atoms with Crippen LogP contribution in [0.4, 0.5) is 11.4 Å². The summed E-state index contributed by atoms with van der Waals surface area (Å²) in [4.78, 5) is 47.2. The van der Waals surface area contributed by atoms with Gasteiger partial charge in [0.25, 0.3) is 11.6 Å². The third kappa shape index (κ3) is 5.55. The number of amides is 1. The maximum Gasteiger partial charge on any atom is 0.338 e. The number of nitrogens with zero attached hydrogens (tertiary/aromatic N) is 1. The van der Waals surface area contributed by atoms with Gasteiger partial charge in [-0.1, -0.05) is 23.7 Å². The van der Waals surface area contributed by atoms with Crippen LogP contribution in [0.5, 0.6) is 0 Å². The standard InChI is InChI=1S/C23H17ClN2O6/c1-14(21(27)17-3-2-4-18(24)13-17)32-23(29)16-5-9-19(10-6-16)25-22(28)15-7-11-20(12-8-15)26(30)31/h2-14H,1H3,(H,25,28). The fourth-order valence-corrected chi connectivity index (χ4v) is 2.98. The molecule has 0 aliphatic rings. The molecule has 1 N–H and O–H groups in total. The molecule has 9 heteroatoms. The average Bonchev–Trinajstić information content (AvgIpc) is 2.79. The first kappa shape index (κ1) is 22.6. The molecular weight excluding hydrogens is 436 g/mol. The fraction of sp³-hybridized carbons (Fsp3) is 0.0870. The highest BCUT2D eigenvalue weighted by molar-refractivity contribution is 6.31. The van der Waals surface area contributed by atoms with E-state index >= 15 is 0 Å². The molecule has 0 spiro atoms. The van der Waals surface area contributed by atoms with Crippen molar-refractivity contribution in [3.8, 4) is 0 Å². The summed E-state index contributed by atoms with van der Waals surface area (Å²) in [6.45, 7) is 1.47. The maximum atomic E-state index is 12.4. The fourth-order valence-electron chi connectivity index (χ4n) is 2.79. The molecule has 8 nitrogen and oxygen atoms in total. The van der Waals surface area contributed by atoms with Crippen LogP contribution in [-0.4, -0.2) is 28.7 Å². The Morgan fingerprint density at radius 1 is 0.938 bits per heavy atom. The Kier molecular flexibility index (Phi) is 6.97. The zero-order valence-corrected chi connectivity index (χ0v) is 17.5. The van der Waals surface area contributed by atoms with Gasteiger partial charge in [-0.2, -0.15) is 0 Å². The summed E-state index contributed by atoms with van der Waals surface area (Å²) < 4.78 is 5.24. The number of nitro groups is 1. The molecule has 3 aromatic carbocycles. The molecule has 1 atom stereocenters. The summed E-state index contributed by atoms with van der Waals surface area (Å²) >= 11 is 5.89. The third-order valence-electron chi connectivity index (χ3n) is 4.48. The van der Waals surface area contributed by atoms with Gasteiger partial charge in [-0.05, 0) is 55.5 Å². The molecule has 3 aromatic rings. The van der Waals surface area contributed by atoms with Crippen LogP contribution in [0.15, 0.2) is 72.8 Å². The van der Waals surface area contributed by atoms with E-state index in [1.165, 1.54) is 61.5 Å². The molecular formula is C23H17ClN2O6. The van der Waals surface area contributed by atoms with Crippen molar-refractivity contribution in [2.75, 3.05) is 5.32 Å². The summed E-state index contributed by atoms with van der Waals surface area (Å²) in [7, 11) is 0. The van der Waals surface area contributed by atoms with Crippen LogP contribution in [0.3, 0.4) is 0 Å². The normalized spacial score (nSPS) is 11.3. The van der Waals surface area contributed by atoms with E-state index in [9.17, 15) is 24.5 Å². The number of esters is 1. The number of rotatable bonds is 7. The van der Waals surface area contributed by atoms with Crippen LogP contribution in [0.25, 0.3) is 0 Å². The first-order chi connectivity index (χ1) is 15.2. The Morgan fingerprint density at radius 3 is 2.16 bits per heavy atom. The Hall–Kier alpha value is -4.04. The lowest BCUT2D eigenvalue weighted by molar-refractivity contribution is -0.384. The molecule has 162 valence electrons. The molecule has 0 aromatic heterocycles. The van der Waals surface area contributed by atoms with Gasteiger partial charge in [0.05, 0.1) is 10.5 Å². The van der Waals surface area contributed by atoms with Gasteiger partial charge in [0.2, 0.25) is 5.78 Å². The second-order valence-corrected chi connectivity index (χ2v) is 7.19. The van der Waals surface area contributed by atoms with Crippen molar-refractivity contribution in [2.24, 2.45) is 0 Å². The summed E-state index contributed by atoms with van der Waals surface area (Å²) in [5, 5.41) is 13.7. The molecule has 0 radical (unpaired) electrons. The van der Waals surface area contributed by atoms with Gasteiger partial charge in [0.15, 0.2) is 6.10 Å². The Bertz CT molecular complexity index is 1180. The van der Waals surface area contributed by atoms with Gasteiger partial charge in [0, 0.05) is 34.0 Å². The Labute approximate surface area is 187 Å². The number of anilines is 1. The summed E-state index contributed by atoms with van der Waals surface area (Å²) in [5.41, 5.74) is 1.07. The zero-order valence-electron chi connectivity index (χ0n) is 16.8. The van der Waals surface area contributed by atoms with Crippen LogP contribution in [-0.2, 0) is 4.74 Å². The molecule has 1 unspecified atom stereocenters. The van der Waals surface area contributed by atoms with E-state index in [1.54, 1.807) is 18.2 Å². The molecule has 0 heterocycles. The summed E-state index contributed by atoms with van der Waals surface area (Å²) in [5.74, 6) is -1.54. The first-order valence-corrected chi connectivity index (χ1v) is 9.79. The number of nitrogens with one attached hydrogen (secondary N) is 1. The lowest BCUT2D eigenvalue weighted by Gasteiger charge is -2.13. The number of Topliss-reactive ketones (excluding diaryl/α,β-unsaturated/α-hetero) is 1. The molecule has 1 amide bonds. The number of benzene rings is 3. The first-order valence-electron chi connectivity index (χ1n) is 9.41. The number of hydrogen-bond donors (Lipinski definition) is 1. The predicted octanol–water partition coefficient (Wildman–Crippen LogP) is 4.93. The van der Waals surface area contributed by atoms with E-state index < -0.39 is 22.9 Å². The van der Waals surface area contributed by atoms with Gasteiger partial charge >= 0.3 is 5.97 Å². The topological polar surface area (TPSA) is 116 Å². The number of nitro benzene ring substituents is 1. The monoisotopic (exact) mass is 452 g/mol. The predicted molar refractivity (Wildman–Crippen MR) is 118 cm³/mol. The van der Waals surface area contributed by atoms with E-state index in [0.29, 0.717) is 16.3 Å². The van der Waals surface area contributed by atoms with Crippen molar-refractivity contribution in [2.45, 2.75) is 13.0 Å². The molecule has 0 bridgehead atoms. The minimum absolute atomic E-state index is 0.118. The lowest BCUT2D eigenvalue weighted by atomic mass is 10.1. The highest BCUT2D eigenvalue weighted by Crippen LogP contribution is 2.17. The molecule has 0 saturated heterocycles. The maximum absolute atomic E-state index is 12.4. The number of carbonyl (C=O) groups excluding carboxylic acids is 3. The molecule has 0 fully saturated rings.